The van der Waals surface area contributed by atoms with Crippen molar-refractivity contribution in [2.75, 3.05) is 13.1 Å². The average Bonchev–Trinajstić information content (AvgIpc) is 2.37. The van der Waals surface area contributed by atoms with E-state index in [9.17, 15) is 4.79 Å². The van der Waals surface area contributed by atoms with Gasteiger partial charge in [0.1, 0.15) is 0 Å². The average molecular weight is 252 g/mol. The fourth-order valence-corrected chi connectivity index (χ4v) is 3.69. The lowest BCUT2D eigenvalue weighted by Gasteiger charge is -2.43. The van der Waals surface area contributed by atoms with Gasteiger partial charge in [-0.1, -0.05) is 26.7 Å². The number of nitrogens with zero attached hydrogens (tertiary/aromatic N) is 1. The van der Waals surface area contributed by atoms with Gasteiger partial charge in [0, 0.05) is 25.0 Å². The standard InChI is InChI=1S/C15H28N2O/c1-15(2)9-5-3-8-13(15)14(18)17-10-6-4-7-12(17)11-16/h12-13H,3-11,16H2,1-2H3. The molecule has 0 aromatic heterocycles. The van der Waals surface area contributed by atoms with Gasteiger partial charge in [0.05, 0.1) is 0 Å². The number of hydrogen-bond donors (Lipinski definition) is 1. The SMILES string of the molecule is CC1(C)CCCCC1C(=O)N1CCCCC1CN. The van der Waals surface area contributed by atoms with Crippen LogP contribution in [0.15, 0.2) is 0 Å². The van der Waals surface area contributed by atoms with Gasteiger partial charge >= 0.3 is 0 Å². The van der Waals surface area contributed by atoms with E-state index in [1.54, 1.807) is 0 Å². The van der Waals surface area contributed by atoms with Gasteiger partial charge in [-0.25, -0.2) is 0 Å². The third kappa shape index (κ3) is 2.71. The first kappa shape index (κ1) is 13.9. The summed E-state index contributed by atoms with van der Waals surface area (Å²) >= 11 is 0. The van der Waals surface area contributed by atoms with E-state index < -0.39 is 0 Å². The van der Waals surface area contributed by atoms with Crippen molar-refractivity contribution in [3.63, 3.8) is 0 Å². The molecule has 1 saturated heterocycles. The van der Waals surface area contributed by atoms with Crippen molar-refractivity contribution < 1.29 is 4.79 Å². The lowest BCUT2D eigenvalue weighted by atomic mass is 9.68. The van der Waals surface area contributed by atoms with Crippen LogP contribution < -0.4 is 5.73 Å². The Labute approximate surface area is 111 Å². The Morgan fingerprint density at radius 1 is 1.22 bits per heavy atom. The predicted octanol–water partition coefficient (Wildman–Crippen LogP) is 2.54. The van der Waals surface area contributed by atoms with Crippen LogP contribution in [-0.4, -0.2) is 29.9 Å². The zero-order chi connectivity index (χ0) is 13.2. The predicted molar refractivity (Wildman–Crippen MR) is 74.1 cm³/mol. The highest BCUT2D eigenvalue weighted by Crippen LogP contribution is 2.42. The molecule has 0 aromatic rings. The van der Waals surface area contributed by atoms with Crippen LogP contribution in [0.3, 0.4) is 0 Å². The van der Waals surface area contributed by atoms with Gasteiger partial charge in [-0.15, -0.1) is 0 Å². The first-order valence-corrected chi connectivity index (χ1v) is 7.57. The molecule has 2 N–H and O–H groups in total. The van der Waals surface area contributed by atoms with Crippen molar-refractivity contribution in [2.45, 2.75) is 64.8 Å². The largest absolute Gasteiger partial charge is 0.338 e. The molecule has 0 bridgehead atoms. The fourth-order valence-electron chi connectivity index (χ4n) is 3.69. The lowest BCUT2D eigenvalue weighted by molar-refractivity contribution is -0.144. The maximum absolute atomic E-state index is 12.8. The van der Waals surface area contributed by atoms with Crippen LogP contribution >= 0.6 is 0 Å². The molecule has 1 aliphatic carbocycles. The molecule has 1 saturated carbocycles. The molecule has 1 heterocycles. The number of likely N-dealkylation sites (tertiary alicyclic amines) is 1. The second kappa shape index (κ2) is 5.60. The third-order valence-electron chi connectivity index (χ3n) is 4.99. The van der Waals surface area contributed by atoms with E-state index in [0.29, 0.717) is 18.5 Å². The van der Waals surface area contributed by atoms with Crippen LogP contribution in [0.25, 0.3) is 0 Å². The number of piperidine rings is 1. The Hall–Kier alpha value is -0.570. The molecule has 0 spiro atoms. The zero-order valence-corrected chi connectivity index (χ0v) is 12.0. The van der Waals surface area contributed by atoms with Gasteiger partial charge in [-0.3, -0.25) is 4.79 Å². The van der Waals surface area contributed by atoms with Crippen LogP contribution in [0, 0.1) is 11.3 Å². The van der Waals surface area contributed by atoms with Crippen molar-refractivity contribution >= 4 is 5.91 Å². The minimum Gasteiger partial charge on any atom is -0.338 e. The normalized spacial score (nSPS) is 32.3. The first-order valence-electron chi connectivity index (χ1n) is 7.57. The van der Waals surface area contributed by atoms with E-state index in [2.05, 4.69) is 18.7 Å². The van der Waals surface area contributed by atoms with E-state index in [1.807, 2.05) is 0 Å². The van der Waals surface area contributed by atoms with E-state index in [4.69, 9.17) is 5.73 Å². The molecule has 1 amide bonds. The summed E-state index contributed by atoms with van der Waals surface area (Å²) in [6.07, 6.45) is 8.20. The summed E-state index contributed by atoms with van der Waals surface area (Å²) in [6.45, 7) is 6.07. The van der Waals surface area contributed by atoms with Gasteiger partial charge in [-0.2, -0.15) is 0 Å². The van der Waals surface area contributed by atoms with Gasteiger partial charge in [0.25, 0.3) is 0 Å². The summed E-state index contributed by atoms with van der Waals surface area (Å²) in [5.74, 6) is 0.605. The molecule has 2 unspecified atom stereocenters. The molecule has 104 valence electrons. The molecule has 1 aliphatic heterocycles. The minimum atomic E-state index is 0.173. The van der Waals surface area contributed by atoms with Crippen LogP contribution in [0.4, 0.5) is 0 Å². The summed E-state index contributed by atoms with van der Waals surface area (Å²) in [6, 6.07) is 0.295. The minimum absolute atomic E-state index is 0.173. The zero-order valence-electron chi connectivity index (χ0n) is 12.0. The second-order valence-electron chi connectivity index (χ2n) is 6.70. The van der Waals surface area contributed by atoms with Crippen molar-refractivity contribution in [1.82, 2.24) is 4.90 Å². The maximum atomic E-state index is 12.8. The van der Waals surface area contributed by atoms with Crippen molar-refractivity contribution in [3.8, 4) is 0 Å². The van der Waals surface area contributed by atoms with E-state index >= 15 is 0 Å². The molecule has 2 atom stereocenters. The molecule has 0 aromatic carbocycles. The van der Waals surface area contributed by atoms with E-state index in [0.717, 1.165) is 25.8 Å². The number of rotatable bonds is 2. The first-order chi connectivity index (χ1) is 8.56. The molecule has 18 heavy (non-hydrogen) atoms. The van der Waals surface area contributed by atoms with Crippen molar-refractivity contribution in [3.05, 3.63) is 0 Å². The van der Waals surface area contributed by atoms with Crippen molar-refractivity contribution in [1.29, 1.82) is 0 Å². The topological polar surface area (TPSA) is 46.3 Å². The molecular weight excluding hydrogens is 224 g/mol. The Morgan fingerprint density at radius 3 is 2.61 bits per heavy atom. The molecule has 3 heteroatoms. The molecule has 2 fully saturated rings. The summed E-state index contributed by atoms with van der Waals surface area (Å²) in [7, 11) is 0. The molecule has 0 radical (unpaired) electrons. The van der Waals surface area contributed by atoms with E-state index in [1.165, 1.54) is 25.7 Å². The molecule has 3 nitrogen and oxygen atoms in total. The second-order valence-corrected chi connectivity index (χ2v) is 6.70. The Bertz CT molecular complexity index is 301. The number of hydrogen-bond acceptors (Lipinski definition) is 2. The van der Waals surface area contributed by atoms with Crippen LogP contribution in [-0.2, 0) is 4.79 Å². The number of amides is 1. The number of carbonyl (C=O) groups is 1. The smallest absolute Gasteiger partial charge is 0.226 e. The molecule has 2 rings (SSSR count). The van der Waals surface area contributed by atoms with Gasteiger partial charge in [-0.05, 0) is 37.5 Å². The van der Waals surface area contributed by atoms with Gasteiger partial charge in [0.2, 0.25) is 5.91 Å². The fraction of sp³-hybridized carbons (Fsp3) is 0.933. The third-order valence-corrected chi connectivity index (χ3v) is 4.99. The number of nitrogens with two attached hydrogens (primary N) is 1. The Kier molecular flexibility index (Phi) is 4.31. The van der Waals surface area contributed by atoms with Crippen LogP contribution in [0.5, 0.6) is 0 Å². The summed E-state index contributed by atoms with van der Waals surface area (Å²) in [5.41, 5.74) is 6.01. The molecule has 2 aliphatic rings. The summed E-state index contributed by atoms with van der Waals surface area (Å²) in [4.78, 5) is 14.9. The highest BCUT2D eigenvalue weighted by Gasteiger charge is 2.40. The highest BCUT2D eigenvalue weighted by atomic mass is 16.2. The van der Waals surface area contributed by atoms with Gasteiger partial charge in [0.15, 0.2) is 0 Å². The lowest BCUT2D eigenvalue weighted by Crippen LogP contribution is -2.52. The number of carbonyl (C=O) groups excluding carboxylic acids is 1. The van der Waals surface area contributed by atoms with Crippen LogP contribution in [0.2, 0.25) is 0 Å². The Morgan fingerprint density at radius 2 is 1.94 bits per heavy atom. The van der Waals surface area contributed by atoms with Crippen LogP contribution in [0.1, 0.15) is 58.8 Å². The quantitative estimate of drug-likeness (QED) is 0.821. The van der Waals surface area contributed by atoms with Crippen molar-refractivity contribution in [2.24, 2.45) is 17.1 Å². The molecular formula is C15H28N2O. The maximum Gasteiger partial charge on any atom is 0.226 e. The summed E-state index contributed by atoms with van der Waals surface area (Å²) in [5, 5.41) is 0. The summed E-state index contributed by atoms with van der Waals surface area (Å²) < 4.78 is 0. The van der Waals surface area contributed by atoms with E-state index in [-0.39, 0.29) is 11.3 Å². The Balaban J connectivity index is 2.09. The highest BCUT2D eigenvalue weighted by molar-refractivity contribution is 5.80. The monoisotopic (exact) mass is 252 g/mol. The van der Waals surface area contributed by atoms with Gasteiger partial charge < -0.3 is 10.6 Å².